The second kappa shape index (κ2) is 5.25. The molecule has 1 aromatic rings. The molecule has 4 nitrogen and oxygen atoms in total. The first-order valence-electron chi connectivity index (χ1n) is 4.42. The highest BCUT2D eigenvalue weighted by Crippen LogP contribution is 2.23. The summed E-state index contributed by atoms with van der Waals surface area (Å²) in [6.07, 6.45) is -2.87. The summed E-state index contributed by atoms with van der Waals surface area (Å²) in [6.45, 7) is 0. The fourth-order valence-electron chi connectivity index (χ4n) is 1.26. The number of aliphatic hydroxyl groups is 2. The van der Waals surface area contributed by atoms with Gasteiger partial charge in [-0.2, -0.15) is 0 Å². The van der Waals surface area contributed by atoms with Gasteiger partial charge in [-0.25, -0.2) is 9.18 Å². The maximum Gasteiger partial charge on any atom is 0.336 e. The minimum atomic E-state index is -1.53. The molecule has 1 rings (SSSR count). The first kappa shape index (κ1) is 12.9. The monoisotopic (exact) mass is 248 g/mol. The van der Waals surface area contributed by atoms with E-state index in [9.17, 15) is 19.4 Å². The zero-order valence-corrected chi connectivity index (χ0v) is 8.86. The molecule has 0 radical (unpaired) electrons. The Labute approximate surface area is 95.9 Å². The summed E-state index contributed by atoms with van der Waals surface area (Å²) in [4.78, 5) is 10.8. The zero-order valence-electron chi connectivity index (χ0n) is 8.10. The van der Waals surface area contributed by atoms with Crippen LogP contribution in [0.2, 0.25) is 0 Å². The van der Waals surface area contributed by atoms with Gasteiger partial charge in [-0.1, -0.05) is 0 Å². The van der Waals surface area contributed by atoms with Gasteiger partial charge in [-0.05, 0) is 18.2 Å². The quantitative estimate of drug-likeness (QED) is 0.699. The van der Waals surface area contributed by atoms with Crippen LogP contribution in [0.5, 0.6) is 0 Å². The van der Waals surface area contributed by atoms with Gasteiger partial charge in [0, 0.05) is 5.56 Å². The predicted molar refractivity (Wildman–Crippen MR) is 55.0 cm³/mol. The van der Waals surface area contributed by atoms with Crippen LogP contribution in [0.25, 0.3) is 0 Å². The Kier molecular flexibility index (Phi) is 4.23. The lowest BCUT2D eigenvalue weighted by molar-refractivity contribution is 0.0311. The van der Waals surface area contributed by atoms with E-state index in [1.807, 2.05) is 0 Å². The number of halogens is 2. The van der Waals surface area contributed by atoms with Gasteiger partial charge < -0.3 is 15.3 Å². The molecule has 16 heavy (non-hydrogen) atoms. The van der Waals surface area contributed by atoms with E-state index in [-0.39, 0.29) is 17.0 Å². The molecule has 88 valence electrons. The maximum absolute atomic E-state index is 12.9. The van der Waals surface area contributed by atoms with Crippen molar-refractivity contribution in [2.45, 2.75) is 12.2 Å². The summed E-state index contributed by atoms with van der Waals surface area (Å²) >= 11 is 5.32. The van der Waals surface area contributed by atoms with Gasteiger partial charge in [0.1, 0.15) is 11.9 Å². The van der Waals surface area contributed by atoms with Gasteiger partial charge in [0.25, 0.3) is 0 Å². The molecule has 0 saturated carbocycles. The fraction of sp³-hybridized carbons (Fsp3) is 0.300. The van der Waals surface area contributed by atoms with Crippen molar-refractivity contribution < 1.29 is 24.5 Å². The van der Waals surface area contributed by atoms with Crippen molar-refractivity contribution in [1.82, 2.24) is 0 Å². The molecule has 0 aliphatic heterocycles. The average molecular weight is 249 g/mol. The van der Waals surface area contributed by atoms with Gasteiger partial charge in [0.15, 0.2) is 0 Å². The van der Waals surface area contributed by atoms with Crippen molar-refractivity contribution in [1.29, 1.82) is 0 Å². The normalized spacial score (nSPS) is 14.5. The molecule has 1 aromatic carbocycles. The van der Waals surface area contributed by atoms with Crippen LogP contribution in [0.15, 0.2) is 18.2 Å². The number of hydrogen-bond donors (Lipinski definition) is 3. The largest absolute Gasteiger partial charge is 0.478 e. The highest BCUT2D eigenvalue weighted by atomic mass is 35.5. The fourth-order valence-corrected chi connectivity index (χ4v) is 1.43. The Balaban J connectivity index is 3.19. The Morgan fingerprint density at radius 1 is 1.44 bits per heavy atom. The molecule has 0 heterocycles. The second-order valence-corrected chi connectivity index (χ2v) is 3.51. The lowest BCUT2D eigenvalue weighted by Crippen LogP contribution is -2.22. The predicted octanol–water partition coefficient (Wildman–Crippen LogP) is 1.16. The van der Waals surface area contributed by atoms with Crippen molar-refractivity contribution in [3.05, 3.63) is 35.1 Å². The standard InChI is InChI=1S/C10H10ClFO4/c11-4-8(13)9(14)7-3-5(12)1-2-6(7)10(15)16/h1-3,8-9,13-14H,4H2,(H,15,16). The average Bonchev–Trinajstić information content (AvgIpc) is 2.26. The van der Waals surface area contributed by atoms with E-state index in [1.54, 1.807) is 0 Å². The van der Waals surface area contributed by atoms with E-state index in [1.165, 1.54) is 0 Å². The van der Waals surface area contributed by atoms with Crippen LogP contribution in [0.4, 0.5) is 4.39 Å². The van der Waals surface area contributed by atoms with Crippen LogP contribution >= 0.6 is 11.6 Å². The topological polar surface area (TPSA) is 77.8 Å². The third-order valence-electron chi connectivity index (χ3n) is 2.09. The van der Waals surface area contributed by atoms with Gasteiger partial charge in [-0.15, -0.1) is 11.6 Å². The van der Waals surface area contributed by atoms with E-state index >= 15 is 0 Å². The molecule has 0 amide bonds. The molecule has 0 spiro atoms. The molecule has 0 bridgehead atoms. The van der Waals surface area contributed by atoms with Gasteiger partial charge >= 0.3 is 5.97 Å². The third kappa shape index (κ3) is 2.69. The van der Waals surface area contributed by atoms with Crippen LogP contribution in [0.3, 0.4) is 0 Å². The number of hydrogen-bond acceptors (Lipinski definition) is 3. The summed E-state index contributed by atoms with van der Waals surface area (Å²) in [6, 6.07) is 2.85. The number of benzene rings is 1. The van der Waals surface area contributed by atoms with E-state index in [0.29, 0.717) is 0 Å². The zero-order chi connectivity index (χ0) is 12.3. The van der Waals surface area contributed by atoms with Crippen LogP contribution < -0.4 is 0 Å². The Bertz CT molecular complexity index is 396. The SMILES string of the molecule is O=C(O)c1ccc(F)cc1C(O)C(O)CCl. The molecule has 0 fully saturated rings. The smallest absolute Gasteiger partial charge is 0.336 e. The van der Waals surface area contributed by atoms with E-state index in [4.69, 9.17) is 16.7 Å². The summed E-state index contributed by atoms with van der Waals surface area (Å²) in [5.74, 6) is -2.28. The number of aliphatic hydroxyl groups excluding tert-OH is 2. The van der Waals surface area contributed by atoms with Crippen LogP contribution in [0.1, 0.15) is 22.0 Å². The number of alkyl halides is 1. The van der Waals surface area contributed by atoms with E-state index < -0.39 is 24.0 Å². The van der Waals surface area contributed by atoms with E-state index in [0.717, 1.165) is 18.2 Å². The number of carbonyl (C=O) groups is 1. The Morgan fingerprint density at radius 2 is 2.06 bits per heavy atom. The van der Waals surface area contributed by atoms with Gasteiger partial charge in [0.05, 0.1) is 17.5 Å². The Hall–Kier alpha value is -1.17. The molecule has 3 N–H and O–H groups in total. The van der Waals surface area contributed by atoms with Crippen molar-refractivity contribution in [3.63, 3.8) is 0 Å². The van der Waals surface area contributed by atoms with Gasteiger partial charge in [0.2, 0.25) is 0 Å². The van der Waals surface area contributed by atoms with Crippen molar-refractivity contribution >= 4 is 17.6 Å². The highest BCUT2D eigenvalue weighted by Gasteiger charge is 2.23. The van der Waals surface area contributed by atoms with Crippen molar-refractivity contribution in [2.75, 3.05) is 5.88 Å². The number of carboxylic acid groups (broad SMARTS) is 1. The molecule has 0 saturated heterocycles. The number of aromatic carboxylic acids is 1. The number of carboxylic acids is 1. The Morgan fingerprint density at radius 3 is 2.56 bits per heavy atom. The molecule has 0 aromatic heterocycles. The third-order valence-corrected chi connectivity index (χ3v) is 2.40. The van der Waals surface area contributed by atoms with E-state index in [2.05, 4.69) is 0 Å². The first-order valence-corrected chi connectivity index (χ1v) is 4.95. The second-order valence-electron chi connectivity index (χ2n) is 3.20. The first-order chi connectivity index (χ1) is 7.47. The van der Waals surface area contributed by atoms with Crippen LogP contribution in [0, 0.1) is 5.82 Å². The highest BCUT2D eigenvalue weighted by molar-refractivity contribution is 6.18. The lowest BCUT2D eigenvalue weighted by atomic mass is 9.99. The summed E-state index contributed by atoms with van der Waals surface area (Å²) in [7, 11) is 0. The van der Waals surface area contributed by atoms with Crippen LogP contribution in [-0.4, -0.2) is 33.3 Å². The van der Waals surface area contributed by atoms with Gasteiger partial charge in [-0.3, -0.25) is 0 Å². The minimum Gasteiger partial charge on any atom is -0.478 e. The number of rotatable bonds is 4. The molecule has 2 atom stereocenters. The lowest BCUT2D eigenvalue weighted by Gasteiger charge is -2.17. The summed E-state index contributed by atoms with van der Waals surface area (Å²) < 4.78 is 12.9. The molecular formula is C10H10ClFO4. The minimum absolute atomic E-state index is 0.194. The van der Waals surface area contributed by atoms with Crippen molar-refractivity contribution in [2.24, 2.45) is 0 Å². The summed E-state index contributed by atoms with van der Waals surface area (Å²) in [5.41, 5.74) is -0.460. The molecule has 0 aliphatic rings. The maximum atomic E-state index is 12.9. The molecule has 6 heteroatoms. The molecular weight excluding hydrogens is 239 g/mol. The van der Waals surface area contributed by atoms with Crippen LogP contribution in [-0.2, 0) is 0 Å². The van der Waals surface area contributed by atoms with Crippen molar-refractivity contribution in [3.8, 4) is 0 Å². The molecule has 2 unspecified atom stereocenters. The summed E-state index contributed by atoms with van der Waals surface area (Å²) in [5, 5.41) is 27.7. The molecule has 0 aliphatic carbocycles.